The van der Waals surface area contributed by atoms with E-state index in [0.29, 0.717) is 25.5 Å². The van der Waals surface area contributed by atoms with E-state index in [1.165, 1.54) is 12.8 Å². The Morgan fingerprint density at radius 1 is 1.40 bits per heavy atom. The second kappa shape index (κ2) is 11.9. The van der Waals surface area contributed by atoms with Gasteiger partial charge in [-0.25, -0.2) is 0 Å². The van der Waals surface area contributed by atoms with Crippen LogP contribution in [0.1, 0.15) is 39.0 Å². The Morgan fingerprint density at radius 2 is 2.16 bits per heavy atom. The zero-order valence-corrected chi connectivity index (χ0v) is 17.5. The van der Waals surface area contributed by atoms with Gasteiger partial charge in [0.2, 0.25) is 5.91 Å². The standard InChI is InChI=1S/C17H32N4O3.HI/c1-2-19-17(20-9-15(22)12-24-11-13-5-6-13)21-7-3-4-14(10-21)8-16(18)23;/h13-15,22H,2-12H2,1H3,(H2,18,23)(H,19,20);1H. The molecular formula is C17H33IN4O3. The average Bonchev–Trinajstić information content (AvgIpc) is 3.35. The Bertz CT molecular complexity index is 432. The molecule has 1 saturated heterocycles. The molecule has 4 N–H and O–H groups in total. The summed E-state index contributed by atoms with van der Waals surface area (Å²) < 4.78 is 5.51. The monoisotopic (exact) mass is 468 g/mol. The summed E-state index contributed by atoms with van der Waals surface area (Å²) in [7, 11) is 0. The zero-order valence-electron chi connectivity index (χ0n) is 15.2. The predicted molar refractivity (Wildman–Crippen MR) is 109 cm³/mol. The molecule has 1 aliphatic carbocycles. The minimum absolute atomic E-state index is 0. The van der Waals surface area contributed by atoms with Gasteiger partial charge in [-0.2, -0.15) is 0 Å². The molecule has 1 heterocycles. The molecule has 2 atom stereocenters. The summed E-state index contributed by atoms with van der Waals surface area (Å²) in [4.78, 5) is 17.9. The Morgan fingerprint density at radius 3 is 2.80 bits per heavy atom. The fraction of sp³-hybridized carbons (Fsp3) is 0.882. The molecule has 2 aliphatic rings. The number of nitrogens with two attached hydrogens (primary N) is 1. The fourth-order valence-electron chi connectivity index (χ4n) is 3.03. The molecule has 8 heteroatoms. The largest absolute Gasteiger partial charge is 0.389 e. The number of nitrogens with one attached hydrogen (secondary N) is 1. The second-order valence-corrected chi connectivity index (χ2v) is 6.95. The molecule has 1 amide bonds. The third-order valence-electron chi connectivity index (χ3n) is 4.46. The van der Waals surface area contributed by atoms with Crippen LogP contribution in [0, 0.1) is 11.8 Å². The lowest BCUT2D eigenvalue weighted by atomic mass is 9.95. The van der Waals surface area contributed by atoms with Gasteiger partial charge in [-0.3, -0.25) is 9.79 Å². The van der Waals surface area contributed by atoms with Crippen LogP contribution in [-0.2, 0) is 9.53 Å². The number of aliphatic hydroxyl groups is 1. The van der Waals surface area contributed by atoms with Crippen molar-refractivity contribution in [2.75, 3.05) is 39.4 Å². The van der Waals surface area contributed by atoms with Crippen LogP contribution in [0.3, 0.4) is 0 Å². The zero-order chi connectivity index (χ0) is 17.4. The molecule has 2 rings (SSSR count). The second-order valence-electron chi connectivity index (χ2n) is 6.95. The minimum atomic E-state index is -0.580. The van der Waals surface area contributed by atoms with Gasteiger partial charge in [-0.05, 0) is 44.4 Å². The van der Waals surface area contributed by atoms with E-state index in [1.807, 2.05) is 6.92 Å². The third-order valence-corrected chi connectivity index (χ3v) is 4.46. The van der Waals surface area contributed by atoms with Gasteiger partial charge in [0.15, 0.2) is 5.96 Å². The first-order chi connectivity index (χ1) is 11.6. The molecule has 1 aliphatic heterocycles. The molecule has 0 aromatic rings. The average molecular weight is 468 g/mol. The van der Waals surface area contributed by atoms with Crippen molar-refractivity contribution < 1.29 is 14.6 Å². The summed E-state index contributed by atoms with van der Waals surface area (Å²) in [5.41, 5.74) is 5.32. The van der Waals surface area contributed by atoms with Gasteiger partial charge in [0.1, 0.15) is 0 Å². The first-order valence-electron chi connectivity index (χ1n) is 9.15. The molecule has 0 spiro atoms. The first-order valence-corrected chi connectivity index (χ1v) is 9.15. The normalized spacial score (nSPS) is 22.2. The van der Waals surface area contributed by atoms with Crippen molar-refractivity contribution in [3.05, 3.63) is 0 Å². The number of amides is 1. The summed E-state index contributed by atoms with van der Waals surface area (Å²) in [5, 5.41) is 13.3. The number of aliphatic hydroxyl groups excluding tert-OH is 1. The molecule has 2 fully saturated rings. The van der Waals surface area contributed by atoms with E-state index in [4.69, 9.17) is 10.5 Å². The number of nitrogens with zero attached hydrogens (tertiary/aromatic N) is 2. The van der Waals surface area contributed by atoms with Gasteiger partial charge in [0, 0.05) is 32.7 Å². The van der Waals surface area contributed by atoms with Crippen LogP contribution >= 0.6 is 24.0 Å². The molecule has 0 aromatic carbocycles. The Labute approximate surface area is 167 Å². The van der Waals surface area contributed by atoms with Crippen molar-refractivity contribution in [2.45, 2.75) is 45.1 Å². The molecular weight excluding hydrogens is 435 g/mol. The number of aliphatic imine (C=N–C) groups is 1. The number of ether oxygens (including phenoxy) is 1. The van der Waals surface area contributed by atoms with Gasteiger partial charge in [0.05, 0.1) is 19.3 Å². The van der Waals surface area contributed by atoms with E-state index < -0.39 is 6.10 Å². The molecule has 0 aromatic heterocycles. The number of carbonyl (C=O) groups is 1. The lowest BCUT2D eigenvalue weighted by Crippen LogP contribution is -2.47. The third kappa shape index (κ3) is 9.05. The molecule has 7 nitrogen and oxygen atoms in total. The van der Waals surface area contributed by atoms with Crippen LogP contribution in [0.4, 0.5) is 0 Å². The topological polar surface area (TPSA) is 100 Å². The van der Waals surface area contributed by atoms with E-state index in [1.54, 1.807) is 0 Å². The van der Waals surface area contributed by atoms with Gasteiger partial charge < -0.3 is 25.8 Å². The highest BCUT2D eigenvalue weighted by Crippen LogP contribution is 2.28. The maximum atomic E-state index is 11.1. The molecule has 146 valence electrons. The smallest absolute Gasteiger partial charge is 0.217 e. The quantitative estimate of drug-likeness (QED) is 0.266. The predicted octanol–water partition coefficient (Wildman–Crippen LogP) is 0.945. The van der Waals surface area contributed by atoms with Crippen LogP contribution < -0.4 is 11.1 Å². The van der Waals surface area contributed by atoms with E-state index >= 15 is 0 Å². The SMILES string of the molecule is CCNC(=NCC(O)COCC1CC1)N1CCCC(CC(N)=O)C1.I. The molecule has 0 radical (unpaired) electrons. The number of likely N-dealkylation sites (tertiary alicyclic amines) is 1. The maximum Gasteiger partial charge on any atom is 0.217 e. The summed E-state index contributed by atoms with van der Waals surface area (Å²) in [6, 6.07) is 0. The van der Waals surface area contributed by atoms with Gasteiger partial charge >= 0.3 is 0 Å². The van der Waals surface area contributed by atoms with Gasteiger partial charge in [-0.1, -0.05) is 0 Å². The number of halogens is 1. The highest BCUT2D eigenvalue weighted by Gasteiger charge is 2.24. The maximum absolute atomic E-state index is 11.1. The number of rotatable bonds is 9. The van der Waals surface area contributed by atoms with E-state index in [0.717, 1.165) is 45.0 Å². The van der Waals surface area contributed by atoms with Crippen molar-refractivity contribution in [1.82, 2.24) is 10.2 Å². The first kappa shape index (κ1) is 22.4. The van der Waals surface area contributed by atoms with Crippen LogP contribution in [0.2, 0.25) is 0 Å². The van der Waals surface area contributed by atoms with Crippen molar-refractivity contribution in [3.63, 3.8) is 0 Å². The van der Waals surface area contributed by atoms with Crippen molar-refractivity contribution in [1.29, 1.82) is 0 Å². The number of guanidine groups is 1. The highest BCUT2D eigenvalue weighted by molar-refractivity contribution is 14.0. The van der Waals surface area contributed by atoms with E-state index in [-0.39, 0.29) is 35.8 Å². The fourth-order valence-corrected chi connectivity index (χ4v) is 3.03. The highest BCUT2D eigenvalue weighted by atomic mass is 127. The Balaban J connectivity index is 0.00000312. The summed E-state index contributed by atoms with van der Waals surface area (Å²) in [6.45, 7) is 5.90. The number of piperidine rings is 1. The number of carbonyl (C=O) groups excluding carboxylic acids is 1. The Hall–Kier alpha value is -0.610. The van der Waals surface area contributed by atoms with Crippen molar-refractivity contribution in [2.24, 2.45) is 22.6 Å². The van der Waals surface area contributed by atoms with Crippen LogP contribution in [0.15, 0.2) is 4.99 Å². The summed E-state index contributed by atoms with van der Waals surface area (Å²) >= 11 is 0. The number of hydrogen-bond acceptors (Lipinski definition) is 4. The summed E-state index contributed by atoms with van der Waals surface area (Å²) in [5.74, 6) is 1.54. The van der Waals surface area contributed by atoms with Crippen LogP contribution in [0.25, 0.3) is 0 Å². The molecule has 2 unspecified atom stereocenters. The van der Waals surface area contributed by atoms with Crippen molar-refractivity contribution in [3.8, 4) is 0 Å². The lowest BCUT2D eigenvalue weighted by molar-refractivity contribution is -0.119. The summed E-state index contributed by atoms with van der Waals surface area (Å²) in [6.07, 6.45) is 4.39. The minimum Gasteiger partial charge on any atom is -0.389 e. The number of primary amides is 1. The van der Waals surface area contributed by atoms with Gasteiger partial charge in [0.25, 0.3) is 0 Å². The number of hydrogen-bond donors (Lipinski definition) is 3. The van der Waals surface area contributed by atoms with Crippen LogP contribution in [0.5, 0.6) is 0 Å². The molecule has 25 heavy (non-hydrogen) atoms. The molecule has 0 bridgehead atoms. The lowest BCUT2D eigenvalue weighted by Gasteiger charge is -2.34. The van der Waals surface area contributed by atoms with E-state index in [2.05, 4.69) is 15.2 Å². The van der Waals surface area contributed by atoms with Crippen LogP contribution in [-0.4, -0.2) is 67.4 Å². The molecule has 1 saturated carbocycles. The van der Waals surface area contributed by atoms with Crippen molar-refractivity contribution >= 4 is 35.8 Å². The van der Waals surface area contributed by atoms with Gasteiger partial charge in [-0.15, -0.1) is 24.0 Å². The Kier molecular flexibility index (Phi) is 10.7. The van der Waals surface area contributed by atoms with E-state index in [9.17, 15) is 9.90 Å².